The zero-order valence-corrected chi connectivity index (χ0v) is 16.3. The third-order valence-electron chi connectivity index (χ3n) is 5.35. The van der Waals surface area contributed by atoms with Crippen molar-refractivity contribution in [2.24, 2.45) is 5.41 Å². The van der Waals surface area contributed by atoms with Crippen molar-refractivity contribution >= 4 is 18.3 Å². The fraction of sp³-hybridized carbons (Fsp3) is 0.632. The molecule has 0 bridgehead atoms. The second-order valence-corrected chi connectivity index (χ2v) is 7.15. The van der Waals surface area contributed by atoms with Crippen LogP contribution < -0.4 is 10.1 Å². The van der Waals surface area contributed by atoms with Crippen LogP contribution in [-0.4, -0.2) is 56.8 Å². The van der Waals surface area contributed by atoms with Gasteiger partial charge in [0.25, 0.3) is 0 Å². The van der Waals surface area contributed by atoms with Gasteiger partial charge < -0.3 is 19.7 Å². The van der Waals surface area contributed by atoms with Crippen LogP contribution in [0.5, 0.6) is 5.75 Å². The van der Waals surface area contributed by atoms with Crippen molar-refractivity contribution in [2.75, 3.05) is 39.9 Å². The number of likely N-dealkylation sites (tertiary alicyclic amines) is 1. The Balaban J connectivity index is 0.00000261. The van der Waals surface area contributed by atoms with Crippen molar-refractivity contribution in [2.45, 2.75) is 31.8 Å². The van der Waals surface area contributed by atoms with E-state index >= 15 is 0 Å². The summed E-state index contributed by atoms with van der Waals surface area (Å²) in [6.45, 7) is 3.22. The lowest BCUT2D eigenvalue weighted by molar-refractivity contribution is -0.149. The first-order chi connectivity index (χ1) is 12.5. The van der Waals surface area contributed by atoms with Gasteiger partial charge in [-0.05, 0) is 38.1 Å². The molecule has 8 heteroatoms. The maximum atomic E-state index is 13.7. The average molecular weight is 405 g/mol. The molecule has 2 aliphatic heterocycles. The number of halogens is 3. The summed E-state index contributed by atoms with van der Waals surface area (Å²) in [7, 11) is 1.63. The van der Waals surface area contributed by atoms with Crippen LogP contribution in [-0.2, 0) is 9.53 Å². The van der Waals surface area contributed by atoms with Crippen LogP contribution in [0.1, 0.15) is 25.7 Å². The Bertz CT molecular complexity index is 628. The van der Waals surface area contributed by atoms with Gasteiger partial charge >= 0.3 is 0 Å². The summed E-state index contributed by atoms with van der Waals surface area (Å²) in [6, 6.07) is 3.31. The van der Waals surface area contributed by atoms with Crippen LogP contribution in [0.3, 0.4) is 0 Å². The van der Waals surface area contributed by atoms with E-state index in [4.69, 9.17) is 9.47 Å². The Morgan fingerprint density at radius 1 is 1.26 bits per heavy atom. The van der Waals surface area contributed by atoms with Gasteiger partial charge in [-0.2, -0.15) is 0 Å². The quantitative estimate of drug-likeness (QED) is 0.820. The molecule has 2 saturated heterocycles. The van der Waals surface area contributed by atoms with E-state index in [1.165, 1.54) is 12.1 Å². The molecule has 0 unspecified atom stereocenters. The van der Waals surface area contributed by atoms with Crippen molar-refractivity contribution in [3.05, 3.63) is 29.8 Å². The average Bonchev–Trinajstić information content (AvgIpc) is 2.65. The molecule has 0 radical (unpaired) electrons. The molecule has 0 aliphatic carbocycles. The number of hydrogen-bond acceptors (Lipinski definition) is 4. The third-order valence-corrected chi connectivity index (χ3v) is 5.35. The van der Waals surface area contributed by atoms with Crippen molar-refractivity contribution in [1.82, 2.24) is 10.2 Å². The molecule has 3 rings (SSSR count). The minimum Gasteiger partial charge on any atom is -0.487 e. The number of ether oxygens (including phenoxy) is 2. The van der Waals surface area contributed by atoms with E-state index in [0.29, 0.717) is 32.5 Å². The second-order valence-electron chi connectivity index (χ2n) is 7.15. The number of rotatable bonds is 5. The molecular formula is C19H27ClF2N2O3. The summed E-state index contributed by atoms with van der Waals surface area (Å²) in [5.74, 6) is -1.12. The number of nitrogens with one attached hydrogen (secondary N) is 1. The largest absolute Gasteiger partial charge is 0.487 e. The van der Waals surface area contributed by atoms with Gasteiger partial charge in [0.2, 0.25) is 5.91 Å². The normalized spacial score (nSPS) is 20.0. The van der Waals surface area contributed by atoms with Crippen molar-refractivity contribution in [3.8, 4) is 5.75 Å². The van der Waals surface area contributed by atoms with Crippen LogP contribution in [0.2, 0.25) is 0 Å². The van der Waals surface area contributed by atoms with E-state index in [1.807, 2.05) is 4.90 Å². The first-order valence-electron chi connectivity index (χ1n) is 9.15. The molecule has 2 heterocycles. The summed E-state index contributed by atoms with van der Waals surface area (Å²) in [4.78, 5) is 15.0. The summed E-state index contributed by atoms with van der Waals surface area (Å²) >= 11 is 0. The van der Waals surface area contributed by atoms with Gasteiger partial charge in [-0.25, -0.2) is 8.78 Å². The van der Waals surface area contributed by atoms with Crippen molar-refractivity contribution < 1.29 is 23.0 Å². The third kappa shape index (κ3) is 5.09. The van der Waals surface area contributed by atoms with Gasteiger partial charge in [-0.1, -0.05) is 0 Å². The van der Waals surface area contributed by atoms with Gasteiger partial charge in [-0.15, -0.1) is 12.4 Å². The predicted molar refractivity (Wildman–Crippen MR) is 100 cm³/mol. The van der Waals surface area contributed by atoms with Gasteiger partial charge in [0.05, 0.1) is 12.0 Å². The number of carbonyl (C=O) groups is 1. The number of nitrogens with zero attached hydrogens (tertiary/aromatic N) is 1. The van der Waals surface area contributed by atoms with E-state index in [0.717, 1.165) is 32.0 Å². The Hall–Kier alpha value is -1.44. The zero-order chi connectivity index (χ0) is 18.6. The number of piperidine rings is 2. The lowest BCUT2D eigenvalue weighted by Crippen LogP contribution is -2.54. The van der Waals surface area contributed by atoms with E-state index in [9.17, 15) is 13.6 Å². The number of carbonyl (C=O) groups excluding carboxylic acids is 1. The van der Waals surface area contributed by atoms with Crippen LogP contribution in [0.25, 0.3) is 0 Å². The summed E-state index contributed by atoms with van der Waals surface area (Å²) in [5, 5.41) is 3.29. The Labute approximate surface area is 164 Å². The van der Waals surface area contributed by atoms with Crippen molar-refractivity contribution in [1.29, 1.82) is 0 Å². The molecule has 0 aromatic heterocycles. The molecule has 1 aromatic rings. The lowest BCUT2D eigenvalue weighted by Gasteiger charge is -2.41. The van der Waals surface area contributed by atoms with Crippen LogP contribution >= 0.6 is 12.4 Å². The highest BCUT2D eigenvalue weighted by Gasteiger charge is 2.43. The van der Waals surface area contributed by atoms with Gasteiger partial charge in [0.15, 0.2) is 11.6 Å². The maximum absolute atomic E-state index is 13.7. The SMILES string of the molecule is COCC1(C(=O)N2CCC(Oc3ccc(F)cc3F)CC2)CCNCC1.Cl. The number of hydrogen-bond donors (Lipinski definition) is 1. The summed E-state index contributed by atoms with van der Waals surface area (Å²) < 4.78 is 37.7. The number of amides is 1. The Kier molecular flexibility index (Phi) is 7.82. The van der Waals surface area contributed by atoms with E-state index < -0.39 is 17.0 Å². The van der Waals surface area contributed by atoms with E-state index in [2.05, 4.69) is 5.32 Å². The van der Waals surface area contributed by atoms with Crippen LogP contribution in [0.4, 0.5) is 8.78 Å². The highest BCUT2D eigenvalue weighted by Crippen LogP contribution is 2.33. The standard InChI is InChI=1S/C19H26F2N2O3.ClH/c1-25-13-19(6-8-22-9-7-19)18(24)23-10-4-15(5-11-23)26-17-3-2-14(20)12-16(17)21;/h2-3,12,15,22H,4-11,13H2,1H3;1H. The highest BCUT2D eigenvalue weighted by atomic mass is 35.5. The smallest absolute Gasteiger partial charge is 0.231 e. The van der Waals surface area contributed by atoms with Gasteiger partial charge in [0, 0.05) is 39.1 Å². The van der Waals surface area contributed by atoms with Gasteiger partial charge in [-0.3, -0.25) is 4.79 Å². The molecule has 0 spiro atoms. The summed E-state index contributed by atoms with van der Waals surface area (Å²) in [5.41, 5.74) is -0.448. The topological polar surface area (TPSA) is 50.8 Å². The first-order valence-corrected chi connectivity index (χ1v) is 9.15. The molecule has 2 aliphatic rings. The number of benzene rings is 1. The number of methoxy groups -OCH3 is 1. The molecule has 1 N–H and O–H groups in total. The molecule has 152 valence electrons. The molecule has 5 nitrogen and oxygen atoms in total. The molecule has 1 amide bonds. The molecule has 2 fully saturated rings. The molecule has 27 heavy (non-hydrogen) atoms. The van der Waals surface area contributed by atoms with E-state index in [1.54, 1.807) is 7.11 Å². The van der Waals surface area contributed by atoms with Crippen LogP contribution in [0, 0.1) is 17.0 Å². The zero-order valence-electron chi connectivity index (χ0n) is 15.5. The second kappa shape index (κ2) is 9.66. The van der Waals surface area contributed by atoms with Crippen molar-refractivity contribution in [3.63, 3.8) is 0 Å². The molecule has 1 aromatic carbocycles. The fourth-order valence-corrected chi connectivity index (χ4v) is 3.86. The molecule has 0 atom stereocenters. The Morgan fingerprint density at radius 3 is 2.52 bits per heavy atom. The fourth-order valence-electron chi connectivity index (χ4n) is 3.86. The minimum atomic E-state index is -0.697. The molecule has 0 saturated carbocycles. The first kappa shape index (κ1) is 21.9. The minimum absolute atomic E-state index is 0. The van der Waals surface area contributed by atoms with E-state index in [-0.39, 0.29) is 30.2 Å². The lowest BCUT2D eigenvalue weighted by atomic mass is 9.78. The summed E-state index contributed by atoms with van der Waals surface area (Å²) in [6.07, 6.45) is 2.63. The highest BCUT2D eigenvalue weighted by molar-refractivity contribution is 5.85. The van der Waals surface area contributed by atoms with Crippen LogP contribution in [0.15, 0.2) is 18.2 Å². The Morgan fingerprint density at radius 2 is 1.93 bits per heavy atom. The maximum Gasteiger partial charge on any atom is 0.231 e. The van der Waals surface area contributed by atoms with Gasteiger partial charge in [0.1, 0.15) is 11.9 Å². The monoisotopic (exact) mass is 404 g/mol. The predicted octanol–water partition coefficient (Wildman–Crippen LogP) is 2.77. The molecular weight excluding hydrogens is 378 g/mol.